The lowest BCUT2D eigenvalue weighted by Gasteiger charge is -2.22. The van der Waals surface area contributed by atoms with Gasteiger partial charge in [-0.05, 0) is 37.1 Å². The Morgan fingerprint density at radius 3 is 2.72 bits per heavy atom. The van der Waals surface area contributed by atoms with Crippen molar-refractivity contribution in [3.63, 3.8) is 0 Å². The molecule has 3 aromatic rings. The Morgan fingerprint density at radius 2 is 1.97 bits per heavy atom. The van der Waals surface area contributed by atoms with E-state index in [4.69, 9.17) is 14.0 Å². The average molecular weight is 393 g/mol. The fourth-order valence-electron chi connectivity index (χ4n) is 3.66. The Hall–Kier alpha value is -3.35. The summed E-state index contributed by atoms with van der Waals surface area (Å²) in [5.41, 5.74) is 3.01. The number of carbonyl (C=O) groups is 1. The molecule has 150 valence electrons. The lowest BCUT2D eigenvalue weighted by molar-refractivity contribution is -0.130. The van der Waals surface area contributed by atoms with Gasteiger partial charge >= 0.3 is 0 Å². The quantitative estimate of drug-likeness (QED) is 0.632. The number of rotatable bonds is 6. The zero-order chi connectivity index (χ0) is 20.4. The molecule has 1 unspecified atom stereocenters. The van der Waals surface area contributed by atoms with Crippen LogP contribution in [-0.2, 0) is 11.3 Å². The van der Waals surface area contributed by atoms with E-state index in [2.05, 4.69) is 16.2 Å². The van der Waals surface area contributed by atoms with E-state index >= 15 is 0 Å². The SMILES string of the molecule is COc1ccc(-c2noc(C3CCC(=O)N3Cc3cccc(C)c3)n2)cc1OC. The number of hydrogen-bond donors (Lipinski definition) is 0. The molecule has 2 heterocycles. The van der Waals surface area contributed by atoms with Gasteiger partial charge in [-0.25, -0.2) is 0 Å². The summed E-state index contributed by atoms with van der Waals surface area (Å²) >= 11 is 0. The predicted molar refractivity (Wildman–Crippen MR) is 107 cm³/mol. The van der Waals surface area contributed by atoms with Gasteiger partial charge in [0, 0.05) is 18.5 Å². The van der Waals surface area contributed by atoms with E-state index in [9.17, 15) is 4.79 Å². The molecule has 1 aliphatic heterocycles. The summed E-state index contributed by atoms with van der Waals surface area (Å²) in [5.74, 6) is 2.23. The standard InChI is InChI=1S/C22H23N3O4/c1-14-5-4-6-15(11-14)13-25-17(8-10-20(25)26)22-23-21(24-29-22)16-7-9-18(27-2)19(12-16)28-3/h4-7,9,11-12,17H,8,10,13H2,1-3H3. The minimum atomic E-state index is -0.218. The molecule has 0 aliphatic carbocycles. The molecule has 1 aliphatic rings. The van der Waals surface area contributed by atoms with Crippen molar-refractivity contribution in [2.45, 2.75) is 32.4 Å². The molecule has 1 aromatic heterocycles. The topological polar surface area (TPSA) is 77.7 Å². The summed E-state index contributed by atoms with van der Waals surface area (Å²) < 4.78 is 16.2. The summed E-state index contributed by atoms with van der Waals surface area (Å²) in [7, 11) is 3.17. The van der Waals surface area contributed by atoms with E-state index in [1.807, 2.05) is 36.1 Å². The van der Waals surface area contributed by atoms with Gasteiger partial charge < -0.3 is 18.9 Å². The smallest absolute Gasteiger partial charge is 0.249 e. The van der Waals surface area contributed by atoms with E-state index < -0.39 is 0 Å². The average Bonchev–Trinajstić information content (AvgIpc) is 3.35. The molecule has 0 bridgehead atoms. The fourth-order valence-corrected chi connectivity index (χ4v) is 3.66. The molecule has 7 heteroatoms. The molecule has 1 fully saturated rings. The van der Waals surface area contributed by atoms with Gasteiger partial charge in [0.1, 0.15) is 6.04 Å². The van der Waals surface area contributed by atoms with Gasteiger partial charge in [0.05, 0.1) is 14.2 Å². The number of aromatic nitrogens is 2. The van der Waals surface area contributed by atoms with Gasteiger partial charge in [0.25, 0.3) is 0 Å². The number of amides is 1. The normalized spacial score (nSPS) is 16.3. The van der Waals surface area contributed by atoms with Crippen LogP contribution in [-0.4, -0.2) is 35.2 Å². The second kappa shape index (κ2) is 7.95. The molecule has 0 radical (unpaired) electrons. The maximum absolute atomic E-state index is 12.5. The summed E-state index contributed by atoms with van der Waals surface area (Å²) in [4.78, 5) is 18.9. The van der Waals surface area contributed by atoms with E-state index in [0.717, 1.165) is 11.1 Å². The molecule has 1 atom stereocenters. The first kappa shape index (κ1) is 19.0. The maximum atomic E-state index is 12.5. The highest BCUT2D eigenvalue weighted by molar-refractivity contribution is 5.79. The van der Waals surface area contributed by atoms with E-state index in [0.29, 0.717) is 42.6 Å². The number of aryl methyl sites for hydroxylation is 1. The second-order valence-corrected chi connectivity index (χ2v) is 7.09. The van der Waals surface area contributed by atoms with Crippen molar-refractivity contribution in [1.29, 1.82) is 0 Å². The largest absolute Gasteiger partial charge is 0.493 e. The third kappa shape index (κ3) is 3.81. The molecule has 0 spiro atoms. The molecule has 2 aromatic carbocycles. The predicted octanol–water partition coefficient (Wildman–Crippen LogP) is 3.93. The zero-order valence-electron chi connectivity index (χ0n) is 16.7. The first-order valence-electron chi connectivity index (χ1n) is 9.50. The summed E-state index contributed by atoms with van der Waals surface area (Å²) in [5, 5.41) is 4.12. The van der Waals surface area contributed by atoms with Crippen molar-refractivity contribution in [2.24, 2.45) is 0 Å². The van der Waals surface area contributed by atoms with Crippen LogP contribution in [0.5, 0.6) is 11.5 Å². The Kier molecular flexibility index (Phi) is 5.20. The Morgan fingerprint density at radius 1 is 1.14 bits per heavy atom. The summed E-state index contributed by atoms with van der Waals surface area (Å²) in [6.45, 7) is 2.57. The van der Waals surface area contributed by atoms with Gasteiger partial charge in [0.15, 0.2) is 11.5 Å². The lowest BCUT2D eigenvalue weighted by Crippen LogP contribution is -2.27. The van der Waals surface area contributed by atoms with Crippen LogP contribution in [0.1, 0.15) is 35.9 Å². The molecule has 4 rings (SSSR count). The van der Waals surface area contributed by atoms with Crippen molar-refractivity contribution in [2.75, 3.05) is 14.2 Å². The molecular weight excluding hydrogens is 370 g/mol. The number of nitrogens with zero attached hydrogens (tertiary/aromatic N) is 3. The maximum Gasteiger partial charge on any atom is 0.249 e. The third-order valence-corrected chi connectivity index (χ3v) is 5.13. The number of likely N-dealkylation sites (tertiary alicyclic amines) is 1. The first-order valence-corrected chi connectivity index (χ1v) is 9.50. The third-order valence-electron chi connectivity index (χ3n) is 5.13. The monoisotopic (exact) mass is 393 g/mol. The van der Waals surface area contributed by atoms with E-state index in [-0.39, 0.29) is 11.9 Å². The van der Waals surface area contributed by atoms with Gasteiger partial charge in [-0.15, -0.1) is 0 Å². The van der Waals surface area contributed by atoms with Crippen LogP contribution in [0, 0.1) is 6.92 Å². The highest BCUT2D eigenvalue weighted by Gasteiger charge is 2.36. The summed E-state index contributed by atoms with van der Waals surface area (Å²) in [6.07, 6.45) is 1.14. The van der Waals surface area contributed by atoms with Crippen LogP contribution in [0.2, 0.25) is 0 Å². The van der Waals surface area contributed by atoms with Crippen molar-refractivity contribution in [3.8, 4) is 22.9 Å². The van der Waals surface area contributed by atoms with Crippen LogP contribution in [0.25, 0.3) is 11.4 Å². The molecule has 0 N–H and O–H groups in total. The summed E-state index contributed by atoms with van der Waals surface area (Å²) in [6, 6.07) is 13.4. The number of methoxy groups -OCH3 is 2. The second-order valence-electron chi connectivity index (χ2n) is 7.09. The van der Waals surface area contributed by atoms with Crippen LogP contribution >= 0.6 is 0 Å². The molecule has 1 amide bonds. The van der Waals surface area contributed by atoms with Gasteiger partial charge in [-0.3, -0.25) is 4.79 Å². The lowest BCUT2D eigenvalue weighted by atomic mass is 10.1. The van der Waals surface area contributed by atoms with Gasteiger partial charge in [0.2, 0.25) is 17.6 Å². The number of ether oxygens (including phenoxy) is 2. The van der Waals surface area contributed by atoms with Crippen molar-refractivity contribution < 1.29 is 18.8 Å². The highest BCUT2D eigenvalue weighted by atomic mass is 16.5. The molecule has 1 saturated heterocycles. The van der Waals surface area contributed by atoms with Crippen molar-refractivity contribution in [1.82, 2.24) is 15.0 Å². The first-order chi connectivity index (χ1) is 14.1. The Bertz CT molecular complexity index is 1030. The van der Waals surface area contributed by atoms with Gasteiger partial charge in [-0.1, -0.05) is 35.0 Å². The van der Waals surface area contributed by atoms with Crippen molar-refractivity contribution in [3.05, 3.63) is 59.5 Å². The molecular formula is C22H23N3O4. The molecule has 7 nitrogen and oxygen atoms in total. The minimum absolute atomic E-state index is 0.0994. The van der Waals surface area contributed by atoms with Crippen molar-refractivity contribution >= 4 is 5.91 Å². The minimum Gasteiger partial charge on any atom is -0.493 e. The zero-order valence-corrected chi connectivity index (χ0v) is 16.7. The molecule has 0 saturated carbocycles. The van der Waals surface area contributed by atoms with Crippen LogP contribution in [0.4, 0.5) is 0 Å². The highest BCUT2D eigenvalue weighted by Crippen LogP contribution is 2.35. The van der Waals surface area contributed by atoms with Crippen LogP contribution in [0.15, 0.2) is 47.0 Å². The van der Waals surface area contributed by atoms with Crippen LogP contribution < -0.4 is 9.47 Å². The van der Waals surface area contributed by atoms with E-state index in [1.165, 1.54) is 5.56 Å². The molecule has 29 heavy (non-hydrogen) atoms. The Balaban J connectivity index is 1.59. The fraction of sp³-hybridized carbons (Fsp3) is 0.318. The van der Waals surface area contributed by atoms with Crippen LogP contribution in [0.3, 0.4) is 0 Å². The number of hydrogen-bond acceptors (Lipinski definition) is 6. The Labute approximate surface area is 169 Å². The number of carbonyl (C=O) groups excluding carboxylic acids is 1. The van der Waals surface area contributed by atoms with E-state index in [1.54, 1.807) is 26.4 Å². The number of benzene rings is 2. The van der Waals surface area contributed by atoms with Gasteiger partial charge in [-0.2, -0.15) is 4.98 Å².